The van der Waals surface area contributed by atoms with Gasteiger partial charge in [-0.15, -0.1) is 0 Å². The molecule has 0 radical (unpaired) electrons. The SMILES string of the molecule is Cc1noc(C)c1CCC(=O)NCc1cccc(S(=O)(=O)N2CCCCC2)c1. The first-order chi connectivity index (χ1) is 13.4. The molecular formula is C20H27N3O4S. The summed E-state index contributed by atoms with van der Waals surface area (Å²) in [5.74, 6) is 0.644. The van der Waals surface area contributed by atoms with Crippen molar-refractivity contribution >= 4 is 15.9 Å². The summed E-state index contributed by atoms with van der Waals surface area (Å²) in [5.41, 5.74) is 2.54. The van der Waals surface area contributed by atoms with E-state index in [1.165, 1.54) is 0 Å². The molecule has 1 aromatic carbocycles. The second-order valence-electron chi connectivity index (χ2n) is 7.19. The minimum absolute atomic E-state index is 0.0932. The molecule has 1 aliphatic heterocycles. The lowest BCUT2D eigenvalue weighted by Crippen LogP contribution is -2.35. The highest BCUT2D eigenvalue weighted by Gasteiger charge is 2.25. The molecule has 0 bridgehead atoms. The lowest BCUT2D eigenvalue weighted by Gasteiger charge is -2.26. The Labute approximate surface area is 166 Å². The van der Waals surface area contributed by atoms with Crippen molar-refractivity contribution in [3.05, 3.63) is 46.8 Å². The number of hydrogen-bond acceptors (Lipinski definition) is 5. The molecule has 0 spiro atoms. The summed E-state index contributed by atoms with van der Waals surface area (Å²) >= 11 is 0. The number of carbonyl (C=O) groups excluding carboxylic acids is 1. The Morgan fingerprint density at radius 2 is 1.96 bits per heavy atom. The number of hydrogen-bond donors (Lipinski definition) is 1. The monoisotopic (exact) mass is 405 g/mol. The van der Waals surface area contributed by atoms with E-state index in [2.05, 4.69) is 10.5 Å². The van der Waals surface area contributed by atoms with E-state index in [1.54, 1.807) is 22.5 Å². The fourth-order valence-electron chi connectivity index (χ4n) is 3.46. The maximum Gasteiger partial charge on any atom is 0.243 e. The maximum absolute atomic E-state index is 12.8. The van der Waals surface area contributed by atoms with Gasteiger partial charge in [-0.2, -0.15) is 4.31 Å². The predicted octanol–water partition coefficient (Wildman–Crippen LogP) is 2.72. The molecule has 2 heterocycles. The minimum Gasteiger partial charge on any atom is -0.361 e. The van der Waals surface area contributed by atoms with Crippen LogP contribution in [0.15, 0.2) is 33.7 Å². The quantitative estimate of drug-likeness (QED) is 0.765. The molecule has 0 atom stereocenters. The lowest BCUT2D eigenvalue weighted by atomic mass is 10.1. The third-order valence-corrected chi connectivity index (χ3v) is 7.02. The minimum atomic E-state index is -3.47. The Balaban J connectivity index is 1.58. The van der Waals surface area contributed by atoms with Crippen molar-refractivity contribution in [2.75, 3.05) is 13.1 Å². The second-order valence-corrected chi connectivity index (χ2v) is 9.13. The lowest BCUT2D eigenvalue weighted by molar-refractivity contribution is -0.121. The molecule has 28 heavy (non-hydrogen) atoms. The number of carbonyl (C=O) groups is 1. The van der Waals surface area contributed by atoms with Gasteiger partial charge in [0.15, 0.2) is 0 Å². The van der Waals surface area contributed by atoms with Crippen molar-refractivity contribution in [1.82, 2.24) is 14.8 Å². The smallest absolute Gasteiger partial charge is 0.243 e. The molecule has 1 aromatic heterocycles. The van der Waals surface area contributed by atoms with E-state index in [4.69, 9.17) is 4.52 Å². The van der Waals surface area contributed by atoms with Gasteiger partial charge in [-0.3, -0.25) is 4.79 Å². The van der Waals surface area contributed by atoms with Gasteiger partial charge in [0.05, 0.1) is 10.6 Å². The fraction of sp³-hybridized carbons (Fsp3) is 0.500. The first-order valence-electron chi connectivity index (χ1n) is 9.65. The third-order valence-electron chi connectivity index (χ3n) is 5.12. The largest absolute Gasteiger partial charge is 0.361 e. The van der Waals surface area contributed by atoms with Gasteiger partial charge in [0, 0.05) is 31.6 Å². The molecule has 0 aliphatic carbocycles. The van der Waals surface area contributed by atoms with Crippen LogP contribution >= 0.6 is 0 Å². The van der Waals surface area contributed by atoms with Crippen molar-refractivity contribution in [3.63, 3.8) is 0 Å². The van der Waals surface area contributed by atoms with Crippen molar-refractivity contribution in [1.29, 1.82) is 0 Å². The number of nitrogens with one attached hydrogen (secondary N) is 1. The van der Waals surface area contributed by atoms with E-state index in [9.17, 15) is 13.2 Å². The number of amides is 1. The van der Waals surface area contributed by atoms with Crippen LogP contribution in [0.3, 0.4) is 0 Å². The van der Waals surface area contributed by atoms with E-state index in [0.29, 0.717) is 32.5 Å². The summed E-state index contributed by atoms with van der Waals surface area (Å²) in [6.45, 7) is 5.14. The topological polar surface area (TPSA) is 92.5 Å². The first-order valence-corrected chi connectivity index (χ1v) is 11.1. The molecule has 8 heteroatoms. The van der Waals surface area contributed by atoms with Crippen LogP contribution in [-0.2, 0) is 27.8 Å². The molecule has 1 N–H and O–H groups in total. The highest BCUT2D eigenvalue weighted by atomic mass is 32.2. The average Bonchev–Trinajstić information content (AvgIpc) is 3.03. The van der Waals surface area contributed by atoms with Crippen LogP contribution in [0.2, 0.25) is 0 Å². The Bertz CT molecular complexity index is 911. The van der Waals surface area contributed by atoms with Crippen molar-refractivity contribution in [2.24, 2.45) is 0 Å². The van der Waals surface area contributed by atoms with Crippen molar-refractivity contribution in [2.45, 2.75) is 57.4 Å². The Kier molecular flexibility index (Phi) is 6.51. The standard InChI is InChI=1S/C20H27N3O4S/c1-15-19(16(2)27-22-15)9-10-20(24)21-14-17-7-6-8-18(13-17)28(25,26)23-11-4-3-5-12-23/h6-8,13H,3-5,9-12,14H2,1-2H3,(H,21,24). The van der Waals surface area contributed by atoms with E-state index < -0.39 is 10.0 Å². The summed E-state index contributed by atoms with van der Waals surface area (Å²) in [7, 11) is -3.47. The zero-order valence-corrected chi connectivity index (χ0v) is 17.2. The van der Waals surface area contributed by atoms with E-state index >= 15 is 0 Å². The Morgan fingerprint density at radius 1 is 1.21 bits per heavy atom. The molecule has 0 saturated carbocycles. The van der Waals surface area contributed by atoms with Gasteiger partial charge in [0.2, 0.25) is 15.9 Å². The number of aromatic nitrogens is 1. The maximum atomic E-state index is 12.8. The van der Waals surface area contributed by atoms with E-state index in [0.717, 1.165) is 41.8 Å². The van der Waals surface area contributed by atoms with Crippen LogP contribution in [0.25, 0.3) is 0 Å². The molecule has 1 aliphatic rings. The van der Waals surface area contributed by atoms with Gasteiger partial charge in [0.25, 0.3) is 0 Å². The first kappa shape index (κ1) is 20.5. The van der Waals surface area contributed by atoms with Crippen LogP contribution in [-0.4, -0.2) is 36.9 Å². The van der Waals surface area contributed by atoms with Crippen LogP contribution in [0.5, 0.6) is 0 Å². The number of aryl methyl sites for hydroxylation is 2. The molecule has 0 unspecified atom stereocenters. The number of piperidine rings is 1. The normalized spacial score (nSPS) is 15.5. The highest BCUT2D eigenvalue weighted by Crippen LogP contribution is 2.21. The molecule has 7 nitrogen and oxygen atoms in total. The van der Waals surface area contributed by atoms with Gasteiger partial charge in [-0.05, 0) is 50.8 Å². The molecule has 1 fully saturated rings. The summed E-state index contributed by atoms with van der Waals surface area (Å²) < 4.78 is 32.3. The van der Waals surface area contributed by atoms with Gasteiger partial charge < -0.3 is 9.84 Å². The van der Waals surface area contributed by atoms with Gasteiger partial charge >= 0.3 is 0 Å². The van der Waals surface area contributed by atoms with E-state index in [1.807, 2.05) is 19.9 Å². The highest BCUT2D eigenvalue weighted by molar-refractivity contribution is 7.89. The summed E-state index contributed by atoms with van der Waals surface area (Å²) in [6, 6.07) is 6.82. The molecule has 1 saturated heterocycles. The van der Waals surface area contributed by atoms with Crippen molar-refractivity contribution < 1.29 is 17.7 Å². The molecule has 152 valence electrons. The molecule has 1 amide bonds. The second kappa shape index (κ2) is 8.87. The molecule has 3 rings (SSSR count). The van der Waals surface area contributed by atoms with Crippen LogP contribution in [0.4, 0.5) is 0 Å². The average molecular weight is 406 g/mol. The number of benzene rings is 1. The molecule has 2 aromatic rings. The third kappa shape index (κ3) is 4.80. The predicted molar refractivity (Wildman–Crippen MR) is 105 cm³/mol. The van der Waals surface area contributed by atoms with Gasteiger partial charge in [0.1, 0.15) is 5.76 Å². The Morgan fingerprint density at radius 3 is 2.64 bits per heavy atom. The van der Waals surface area contributed by atoms with Gasteiger partial charge in [-0.1, -0.05) is 23.7 Å². The Hall–Kier alpha value is -2.19. The van der Waals surface area contributed by atoms with Crippen LogP contribution < -0.4 is 5.32 Å². The number of rotatable bonds is 7. The fourth-order valence-corrected chi connectivity index (χ4v) is 5.04. The van der Waals surface area contributed by atoms with E-state index in [-0.39, 0.29) is 10.8 Å². The molecular weight excluding hydrogens is 378 g/mol. The summed E-state index contributed by atoms with van der Waals surface area (Å²) in [5, 5.41) is 6.75. The summed E-state index contributed by atoms with van der Waals surface area (Å²) in [6.07, 6.45) is 3.78. The summed E-state index contributed by atoms with van der Waals surface area (Å²) in [4.78, 5) is 12.5. The van der Waals surface area contributed by atoms with Crippen LogP contribution in [0, 0.1) is 13.8 Å². The number of nitrogens with zero attached hydrogens (tertiary/aromatic N) is 2. The van der Waals surface area contributed by atoms with Gasteiger partial charge in [-0.25, -0.2) is 8.42 Å². The zero-order chi connectivity index (χ0) is 20.1. The van der Waals surface area contributed by atoms with Crippen molar-refractivity contribution in [3.8, 4) is 0 Å². The van der Waals surface area contributed by atoms with Crippen LogP contribution in [0.1, 0.15) is 48.3 Å². The zero-order valence-electron chi connectivity index (χ0n) is 16.4. The number of sulfonamides is 1.